The lowest BCUT2D eigenvalue weighted by Crippen LogP contribution is -1.86. The molecule has 0 amide bonds. The van der Waals surface area contributed by atoms with Crippen molar-refractivity contribution >= 4 is 0 Å². The Balaban J connectivity index is 1.85. The molecule has 0 aliphatic carbocycles. The molecule has 0 atom stereocenters. The topological polar surface area (TPSA) is 20.2 Å². The molecular formula is C18H21O. The number of hydrogen-bond acceptors (Lipinski definition) is 1. The van der Waals surface area contributed by atoms with E-state index in [1.54, 1.807) is 0 Å². The van der Waals surface area contributed by atoms with Gasteiger partial charge in [0.2, 0.25) is 0 Å². The second-order valence-corrected chi connectivity index (χ2v) is 4.77. The van der Waals surface area contributed by atoms with Gasteiger partial charge in [-0.3, -0.25) is 0 Å². The van der Waals surface area contributed by atoms with E-state index in [4.69, 9.17) is 5.11 Å². The first-order valence-electron chi connectivity index (χ1n) is 7.00. The van der Waals surface area contributed by atoms with E-state index in [2.05, 4.69) is 55.0 Å². The van der Waals surface area contributed by atoms with Crippen molar-refractivity contribution in [1.29, 1.82) is 0 Å². The highest BCUT2D eigenvalue weighted by atomic mass is 16.2. The van der Waals surface area contributed by atoms with Crippen molar-refractivity contribution in [1.82, 2.24) is 0 Å². The molecule has 1 N–H and O–H groups in total. The third-order valence-corrected chi connectivity index (χ3v) is 3.26. The Kier molecular flexibility index (Phi) is 5.64. The molecule has 0 aliphatic rings. The first-order chi connectivity index (χ1) is 9.40. The summed E-state index contributed by atoms with van der Waals surface area (Å²) in [5.74, 6) is 0. The highest BCUT2D eigenvalue weighted by Gasteiger charge is 1.98. The third-order valence-electron chi connectivity index (χ3n) is 3.26. The van der Waals surface area contributed by atoms with E-state index in [1.165, 1.54) is 16.7 Å². The van der Waals surface area contributed by atoms with Gasteiger partial charge in [0.1, 0.15) is 0 Å². The standard InChI is InChI=1S/C18H21O/c19-15-7-2-1-4-8-16-11-13-18(14-12-16)17-9-5-3-6-10-17/h3,5-6,8-14,19H,1-2,4,7,15H2. The van der Waals surface area contributed by atoms with Crippen LogP contribution in [-0.2, 0) is 0 Å². The lowest BCUT2D eigenvalue weighted by molar-refractivity contribution is 0.283. The number of unbranched alkanes of at least 4 members (excludes halogenated alkanes) is 3. The Morgan fingerprint density at radius 1 is 0.737 bits per heavy atom. The molecule has 0 spiro atoms. The summed E-state index contributed by atoms with van der Waals surface area (Å²) >= 11 is 0. The van der Waals surface area contributed by atoms with Crippen molar-refractivity contribution in [3.63, 3.8) is 0 Å². The zero-order valence-electron chi connectivity index (χ0n) is 11.3. The van der Waals surface area contributed by atoms with Crippen LogP contribution in [0.25, 0.3) is 11.1 Å². The highest BCUT2D eigenvalue weighted by molar-refractivity contribution is 5.63. The first-order valence-corrected chi connectivity index (χ1v) is 7.00. The summed E-state index contributed by atoms with van der Waals surface area (Å²) in [6.07, 6.45) is 6.54. The molecule has 0 saturated heterocycles. The quantitative estimate of drug-likeness (QED) is 0.722. The molecule has 0 unspecified atom stereocenters. The van der Waals surface area contributed by atoms with Crippen LogP contribution in [0.1, 0.15) is 31.2 Å². The predicted octanol–water partition coefficient (Wildman–Crippen LogP) is 4.46. The fourth-order valence-electron chi connectivity index (χ4n) is 2.14. The van der Waals surface area contributed by atoms with Crippen LogP contribution in [-0.4, -0.2) is 11.7 Å². The number of aliphatic hydroxyl groups excluding tert-OH is 1. The number of benzene rings is 2. The van der Waals surface area contributed by atoms with Crippen molar-refractivity contribution in [3.8, 4) is 11.1 Å². The maximum absolute atomic E-state index is 8.71. The monoisotopic (exact) mass is 253 g/mol. The second-order valence-electron chi connectivity index (χ2n) is 4.77. The molecule has 0 fully saturated rings. The van der Waals surface area contributed by atoms with Crippen LogP contribution in [0.4, 0.5) is 0 Å². The van der Waals surface area contributed by atoms with Gasteiger partial charge in [-0.05, 0) is 36.0 Å². The summed E-state index contributed by atoms with van der Waals surface area (Å²) in [4.78, 5) is 0. The minimum Gasteiger partial charge on any atom is -0.396 e. The van der Waals surface area contributed by atoms with Gasteiger partial charge in [-0.1, -0.05) is 67.4 Å². The normalized spacial score (nSPS) is 10.6. The molecule has 2 rings (SSSR count). The van der Waals surface area contributed by atoms with Gasteiger partial charge < -0.3 is 5.11 Å². The van der Waals surface area contributed by atoms with Crippen LogP contribution >= 0.6 is 0 Å². The zero-order chi connectivity index (χ0) is 13.3. The van der Waals surface area contributed by atoms with Crippen molar-refractivity contribution in [2.45, 2.75) is 25.7 Å². The summed E-state index contributed by atoms with van der Waals surface area (Å²) in [7, 11) is 0. The Morgan fingerprint density at radius 3 is 2.11 bits per heavy atom. The number of aliphatic hydroxyl groups is 1. The number of hydrogen-bond donors (Lipinski definition) is 1. The summed E-state index contributed by atoms with van der Waals surface area (Å²) in [6, 6.07) is 19.1. The predicted molar refractivity (Wildman–Crippen MR) is 80.8 cm³/mol. The zero-order valence-corrected chi connectivity index (χ0v) is 11.3. The van der Waals surface area contributed by atoms with Gasteiger partial charge >= 0.3 is 0 Å². The van der Waals surface area contributed by atoms with Crippen LogP contribution in [0, 0.1) is 6.42 Å². The van der Waals surface area contributed by atoms with Crippen molar-refractivity contribution < 1.29 is 5.11 Å². The molecular weight excluding hydrogens is 232 g/mol. The molecule has 0 aliphatic heterocycles. The molecule has 1 heteroatoms. The Morgan fingerprint density at radius 2 is 1.42 bits per heavy atom. The van der Waals surface area contributed by atoms with E-state index in [1.807, 2.05) is 6.07 Å². The maximum atomic E-state index is 8.71. The van der Waals surface area contributed by atoms with Crippen LogP contribution in [0.2, 0.25) is 0 Å². The van der Waals surface area contributed by atoms with Crippen molar-refractivity contribution in [3.05, 3.63) is 66.6 Å². The number of rotatable bonds is 7. The molecule has 19 heavy (non-hydrogen) atoms. The van der Waals surface area contributed by atoms with Gasteiger partial charge in [0.15, 0.2) is 0 Å². The van der Waals surface area contributed by atoms with E-state index in [9.17, 15) is 0 Å². The van der Waals surface area contributed by atoms with Gasteiger partial charge in [0, 0.05) is 6.61 Å². The Bertz CT molecular complexity index is 459. The van der Waals surface area contributed by atoms with Gasteiger partial charge in [-0.15, -0.1) is 0 Å². The molecule has 0 bridgehead atoms. The summed E-state index contributed by atoms with van der Waals surface area (Å²) in [6.45, 7) is 0.311. The largest absolute Gasteiger partial charge is 0.396 e. The van der Waals surface area contributed by atoms with Gasteiger partial charge in [-0.25, -0.2) is 0 Å². The molecule has 0 heterocycles. The summed E-state index contributed by atoms with van der Waals surface area (Å²) in [5.41, 5.74) is 3.80. The van der Waals surface area contributed by atoms with Crippen molar-refractivity contribution in [2.75, 3.05) is 6.61 Å². The SMILES string of the molecule is OCCCCC[CH]c1ccc(-c2ccccc2)cc1. The van der Waals surface area contributed by atoms with E-state index >= 15 is 0 Å². The minimum atomic E-state index is 0.311. The smallest absolute Gasteiger partial charge is 0.0431 e. The highest BCUT2D eigenvalue weighted by Crippen LogP contribution is 2.20. The van der Waals surface area contributed by atoms with E-state index in [0.29, 0.717) is 6.61 Å². The van der Waals surface area contributed by atoms with Gasteiger partial charge in [0.25, 0.3) is 0 Å². The van der Waals surface area contributed by atoms with Crippen molar-refractivity contribution in [2.24, 2.45) is 0 Å². The molecule has 2 aromatic carbocycles. The average molecular weight is 253 g/mol. The lowest BCUT2D eigenvalue weighted by Gasteiger charge is -2.04. The van der Waals surface area contributed by atoms with E-state index in [-0.39, 0.29) is 0 Å². The van der Waals surface area contributed by atoms with Crippen LogP contribution in [0.3, 0.4) is 0 Å². The second kappa shape index (κ2) is 7.75. The van der Waals surface area contributed by atoms with Crippen LogP contribution < -0.4 is 0 Å². The van der Waals surface area contributed by atoms with Gasteiger partial charge in [0.05, 0.1) is 0 Å². The minimum absolute atomic E-state index is 0.311. The van der Waals surface area contributed by atoms with Crippen LogP contribution in [0.15, 0.2) is 54.6 Å². The molecule has 2 aromatic rings. The molecule has 0 saturated carbocycles. The molecule has 0 aromatic heterocycles. The lowest BCUT2D eigenvalue weighted by atomic mass is 10.0. The van der Waals surface area contributed by atoms with Gasteiger partial charge in [-0.2, -0.15) is 0 Å². The Hall–Kier alpha value is -1.60. The fraction of sp³-hybridized carbons (Fsp3) is 0.278. The van der Waals surface area contributed by atoms with E-state index < -0.39 is 0 Å². The Labute approximate surface area is 115 Å². The maximum Gasteiger partial charge on any atom is 0.0431 e. The summed E-state index contributed by atoms with van der Waals surface area (Å²) < 4.78 is 0. The molecule has 1 radical (unpaired) electrons. The third kappa shape index (κ3) is 4.53. The van der Waals surface area contributed by atoms with Crippen LogP contribution in [0.5, 0.6) is 0 Å². The average Bonchev–Trinajstić information content (AvgIpc) is 2.49. The summed E-state index contributed by atoms with van der Waals surface area (Å²) in [5, 5.41) is 8.71. The molecule has 99 valence electrons. The fourth-order valence-corrected chi connectivity index (χ4v) is 2.14. The van der Waals surface area contributed by atoms with E-state index in [0.717, 1.165) is 25.7 Å². The first kappa shape index (κ1) is 13.8. The molecule has 1 nitrogen and oxygen atoms in total.